The number of hydrogen-bond acceptors (Lipinski definition) is 3. The van der Waals surface area contributed by atoms with Gasteiger partial charge in [0.2, 0.25) is 11.8 Å². The van der Waals surface area contributed by atoms with Gasteiger partial charge in [-0.05, 0) is 31.6 Å². The van der Waals surface area contributed by atoms with Crippen LogP contribution in [-0.2, 0) is 9.59 Å². The van der Waals surface area contributed by atoms with E-state index in [1.165, 1.54) is 26.2 Å². The van der Waals surface area contributed by atoms with Gasteiger partial charge in [0.25, 0.3) is 0 Å². The van der Waals surface area contributed by atoms with Gasteiger partial charge in [0.1, 0.15) is 6.04 Å². The number of likely N-dealkylation sites (tertiary alicyclic amines) is 1. The Kier molecular flexibility index (Phi) is 7.46. The topological polar surface area (TPSA) is 75.4 Å². The van der Waals surface area contributed by atoms with E-state index >= 15 is 0 Å². The van der Waals surface area contributed by atoms with E-state index in [1.807, 2.05) is 0 Å². The number of hydrogen-bond donors (Lipinski definition) is 2. The highest BCUT2D eigenvalue weighted by Crippen LogP contribution is 2.26. The van der Waals surface area contributed by atoms with Crippen molar-refractivity contribution < 1.29 is 9.59 Å². The average Bonchev–Trinajstić information content (AvgIpc) is 2.95. The lowest BCUT2D eigenvalue weighted by Crippen LogP contribution is -2.52. The second-order valence-corrected chi connectivity index (χ2v) is 6.12. The Balaban J connectivity index is 0.00000220. The fourth-order valence-electron chi connectivity index (χ4n) is 3.60. The highest BCUT2D eigenvalue weighted by molar-refractivity contribution is 5.87. The van der Waals surface area contributed by atoms with Gasteiger partial charge >= 0.3 is 0 Å². The number of nitrogens with two attached hydrogens (primary N) is 1. The molecule has 5 nitrogen and oxygen atoms in total. The standard InChI is InChI=1S/C15H27N3O2.ClH/c1-11(19)18-9-5-8-14(18)15(20)17-13(10-16)12-6-3-2-4-7-12;/h12-14H,2-10,16H2,1H3,(H,17,20);1H. The summed E-state index contributed by atoms with van der Waals surface area (Å²) >= 11 is 0. The van der Waals surface area contributed by atoms with Crippen LogP contribution in [0.3, 0.4) is 0 Å². The lowest BCUT2D eigenvalue weighted by molar-refractivity contribution is -0.137. The fourth-order valence-corrected chi connectivity index (χ4v) is 3.60. The molecule has 2 fully saturated rings. The van der Waals surface area contributed by atoms with Crippen molar-refractivity contribution in [1.29, 1.82) is 0 Å². The van der Waals surface area contributed by atoms with Gasteiger partial charge in [-0.1, -0.05) is 19.3 Å². The molecule has 2 amide bonds. The molecule has 21 heavy (non-hydrogen) atoms. The minimum atomic E-state index is -0.287. The van der Waals surface area contributed by atoms with Gasteiger partial charge in [-0.25, -0.2) is 0 Å². The van der Waals surface area contributed by atoms with Gasteiger partial charge in [0, 0.05) is 26.1 Å². The minimum absolute atomic E-state index is 0. The maximum Gasteiger partial charge on any atom is 0.243 e. The largest absolute Gasteiger partial charge is 0.350 e. The van der Waals surface area contributed by atoms with Gasteiger partial charge in [0.15, 0.2) is 0 Å². The van der Waals surface area contributed by atoms with E-state index < -0.39 is 0 Å². The number of nitrogens with zero attached hydrogens (tertiary/aromatic N) is 1. The van der Waals surface area contributed by atoms with Crippen molar-refractivity contribution in [3.05, 3.63) is 0 Å². The zero-order valence-corrected chi connectivity index (χ0v) is 13.7. The van der Waals surface area contributed by atoms with Crippen LogP contribution in [0.4, 0.5) is 0 Å². The Morgan fingerprint density at radius 1 is 1.19 bits per heavy atom. The Bertz CT molecular complexity index is 359. The number of carbonyl (C=O) groups is 2. The van der Waals surface area contributed by atoms with E-state index in [1.54, 1.807) is 4.90 Å². The van der Waals surface area contributed by atoms with Crippen molar-refractivity contribution in [2.24, 2.45) is 11.7 Å². The summed E-state index contributed by atoms with van der Waals surface area (Å²) in [6, 6.07) is -0.220. The van der Waals surface area contributed by atoms with Crippen molar-refractivity contribution >= 4 is 24.2 Å². The van der Waals surface area contributed by atoms with E-state index in [9.17, 15) is 9.59 Å². The zero-order chi connectivity index (χ0) is 14.5. The molecule has 0 aromatic rings. The number of nitrogens with one attached hydrogen (secondary N) is 1. The van der Waals surface area contributed by atoms with Crippen LogP contribution in [0.1, 0.15) is 51.9 Å². The Hall–Kier alpha value is -0.810. The van der Waals surface area contributed by atoms with Crippen LogP contribution < -0.4 is 11.1 Å². The van der Waals surface area contributed by atoms with Crippen molar-refractivity contribution in [1.82, 2.24) is 10.2 Å². The van der Waals surface area contributed by atoms with Gasteiger partial charge in [-0.2, -0.15) is 0 Å². The molecule has 0 radical (unpaired) electrons. The molecule has 1 heterocycles. The first-order valence-corrected chi connectivity index (χ1v) is 7.91. The van der Waals surface area contributed by atoms with Crippen molar-refractivity contribution in [2.75, 3.05) is 13.1 Å². The summed E-state index contributed by atoms with van der Waals surface area (Å²) in [4.78, 5) is 25.6. The summed E-state index contributed by atoms with van der Waals surface area (Å²) in [7, 11) is 0. The van der Waals surface area contributed by atoms with E-state index in [-0.39, 0.29) is 36.3 Å². The highest BCUT2D eigenvalue weighted by atomic mass is 35.5. The van der Waals surface area contributed by atoms with Crippen molar-refractivity contribution in [2.45, 2.75) is 64.0 Å². The van der Waals surface area contributed by atoms with E-state index in [4.69, 9.17) is 5.73 Å². The molecule has 2 atom stereocenters. The first-order chi connectivity index (χ1) is 9.63. The van der Waals surface area contributed by atoms with Crippen molar-refractivity contribution in [3.63, 3.8) is 0 Å². The monoisotopic (exact) mass is 317 g/mol. The lowest BCUT2D eigenvalue weighted by atomic mass is 9.84. The predicted octanol–water partition coefficient (Wildman–Crippen LogP) is 1.44. The summed E-state index contributed by atoms with van der Waals surface area (Å²) in [5.41, 5.74) is 5.85. The highest BCUT2D eigenvalue weighted by Gasteiger charge is 2.34. The summed E-state index contributed by atoms with van der Waals surface area (Å²) < 4.78 is 0. The van der Waals surface area contributed by atoms with Crippen molar-refractivity contribution in [3.8, 4) is 0 Å². The quantitative estimate of drug-likeness (QED) is 0.824. The molecule has 2 aliphatic rings. The van der Waals surface area contributed by atoms with Gasteiger partial charge in [-0.3, -0.25) is 9.59 Å². The molecule has 0 spiro atoms. The van der Waals surface area contributed by atoms with Crippen LogP contribution >= 0.6 is 12.4 Å². The van der Waals surface area contributed by atoms with E-state index in [2.05, 4.69) is 5.32 Å². The second kappa shape index (κ2) is 8.59. The van der Waals surface area contributed by atoms with Crippen LogP contribution in [0, 0.1) is 5.92 Å². The fraction of sp³-hybridized carbons (Fsp3) is 0.867. The molecule has 0 bridgehead atoms. The number of rotatable bonds is 4. The van der Waals surface area contributed by atoms with Crippen LogP contribution in [0.15, 0.2) is 0 Å². The average molecular weight is 318 g/mol. The number of halogens is 1. The molecule has 2 unspecified atom stereocenters. The third-order valence-electron chi connectivity index (χ3n) is 4.76. The molecular formula is C15H28ClN3O2. The minimum Gasteiger partial charge on any atom is -0.350 e. The van der Waals surface area contributed by atoms with E-state index in [0.717, 1.165) is 25.7 Å². The second-order valence-electron chi connectivity index (χ2n) is 6.12. The SMILES string of the molecule is CC(=O)N1CCCC1C(=O)NC(CN)C1CCCCC1.Cl. The molecule has 1 aliphatic carbocycles. The molecule has 1 saturated heterocycles. The lowest BCUT2D eigenvalue weighted by Gasteiger charge is -2.32. The van der Waals surface area contributed by atoms with Crippen LogP contribution in [0.5, 0.6) is 0 Å². The molecule has 0 aromatic heterocycles. The zero-order valence-electron chi connectivity index (χ0n) is 12.8. The summed E-state index contributed by atoms with van der Waals surface area (Å²) in [6.07, 6.45) is 7.76. The van der Waals surface area contributed by atoms with Gasteiger partial charge < -0.3 is 16.0 Å². The Morgan fingerprint density at radius 3 is 2.43 bits per heavy atom. The molecule has 6 heteroatoms. The third-order valence-corrected chi connectivity index (χ3v) is 4.76. The molecule has 122 valence electrons. The third kappa shape index (κ3) is 4.58. The summed E-state index contributed by atoms with van der Waals surface area (Å²) in [5.74, 6) is 0.480. The Morgan fingerprint density at radius 2 is 1.86 bits per heavy atom. The maximum absolute atomic E-state index is 12.4. The molecule has 0 aromatic carbocycles. The molecule has 1 aliphatic heterocycles. The summed E-state index contributed by atoms with van der Waals surface area (Å²) in [5, 5.41) is 3.11. The van der Waals surface area contributed by atoms with Crippen LogP contribution in [-0.4, -0.2) is 41.9 Å². The first kappa shape index (κ1) is 18.2. The van der Waals surface area contributed by atoms with Gasteiger partial charge in [0.05, 0.1) is 0 Å². The van der Waals surface area contributed by atoms with Gasteiger partial charge in [-0.15, -0.1) is 12.4 Å². The maximum atomic E-state index is 12.4. The smallest absolute Gasteiger partial charge is 0.243 e. The molecular weight excluding hydrogens is 290 g/mol. The molecule has 1 saturated carbocycles. The van der Waals surface area contributed by atoms with Crippen LogP contribution in [0.2, 0.25) is 0 Å². The normalized spacial score (nSPS) is 24.3. The Labute approximate surface area is 133 Å². The molecule has 3 N–H and O–H groups in total. The number of amides is 2. The summed E-state index contributed by atoms with van der Waals surface area (Å²) in [6.45, 7) is 2.72. The molecule has 2 rings (SSSR count). The van der Waals surface area contributed by atoms with E-state index in [0.29, 0.717) is 19.0 Å². The number of carbonyl (C=O) groups excluding carboxylic acids is 2. The van der Waals surface area contributed by atoms with Crippen LogP contribution in [0.25, 0.3) is 0 Å². The predicted molar refractivity (Wildman–Crippen MR) is 85.2 cm³/mol. The first-order valence-electron chi connectivity index (χ1n) is 7.91.